The number of aryl methyl sites for hydroxylation is 1. The van der Waals surface area contributed by atoms with Gasteiger partial charge in [-0.25, -0.2) is 13.4 Å². The lowest BCUT2D eigenvalue weighted by molar-refractivity contribution is 0.0169. The van der Waals surface area contributed by atoms with Crippen LogP contribution in [0.2, 0.25) is 0 Å². The topological polar surface area (TPSA) is 79.8 Å². The van der Waals surface area contributed by atoms with E-state index >= 15 is 0 Å². The Kier molecular flexibility index (Phi) is 12.2. The quantitative estimate of drug-likeness (QED) is 0.261. The van der Waals surface area contributed by atoms with Gasteiger partial charge in [0.25, 0.3) is 0 Å². The summed E-state index contributed by atoms with van der Waals surface area (Å²) in [6.45, 7) is 8.80. The molecule has 0 bridgehead atoms. The Morgan fingerprint density at radius 1 is 1.23 bits per heavy atom. The van der Waals surface area contributed by atoms with E-state index < -0.39 is 9.84 Å². The summed E-state index contributed by atoms with van der Waals surface area (Å²) in [7, 11) is -3.19. The van der Waals surface area contributed by atoms with E-state index in [1.165, 1.54) is 31.9 Å². The van der Waals surface area contributed by atoms with Crippen molar-refractivity contribution in [1.82, 2.24) is 10.6 Å². The van der Waals surface area contributed by atoms with Crippen molar-refractivity contribution in [3.05, 3.63) is 29.3 Å². The maximum absolute atomic E-state index is 11.8. The largest absolute Gasteiger partial charge is 0.378 e. The third-order valence-corrected chi connectivity index (χ3v) is 6.69. The molecule has 172 valence electrons. The van der Waals surface area contributed by atoms with E-state index in [9.17, 15) is 8.42 Å². The first-order chi connectivity index (χ1) is 13.8. The van der Waals surface area contributed by atoms with E-state index in [1.54, 1.807) is 6.07 Å². The average Bonchev–Trinajstić information content (AvgIpc) is 3.19. The summed E-state index contributed by atoms with van der Waals surface area (Å²) in [5.41, 5.74) is 1.75. The van der Waals surface area contributed by atoms with Crippen LogP contribution in [-0.2, 0) is 21.1 Å². The zero-order valence-electron chi connectivity index (χ0n) is 18.7. The minimum absolute atomic E-state index is 0. The summed E-state index contributed by atoms with van der Waals surface area (Å²) < 4.78 is 29.5. The molecule has 1 aromatic carbocycles. The van der Waals surface area contributed by atoms with Crippen LogP contribution in [0.3, 0.4) is 0 Å². The minimum atomic E-state index is -3.19. The zero-order chi connectivity index (χ0) is 21.3. The highest BCUT2D eigenvalue weighted by molar-refractivity contribution is 14.0. The number of rotatable bonds is 10. The van der Waals surface area contributed by atoms with Crippen molar-refractivity contribution in [1.29, 1.82) is 0 Å². The molecule has 0 aliphatic heterocycles. The van der Waals surface area contributed by atoms with Crippen LogP contribution in [0.5, 0.6) is 0 Å². The molecule has 1 atom stereocenters. The zero-order valence-corrected chi connectivity index (χ0v) is 21.9. The highest BCUT2D eigenvalue weighted by atomic mass is 127. The van der Waals surface area contributed by atoms with E-state index in [-0.39, 0.29) is 24.0 Å². The summed E-state index contributed by atoms with van der Waals surface area (Å²) in [6, 6.07) is 5.40. The molecule has 0 saturated heterocycles. The summed E-state index contributed by atoms with van der Waals surface area (Å²) in [5.74, 6) is 1.46. The standard InChI is InChI=1S/C22H37N3O3S.HI/c1-5-23-22(24-14-13-20(28-6-2)19-9-7-8-10-19)25-16-18-11-12-21(17(3)15-18)29(4,26)27;/h11-12,15,19-20H,5-10,13-14,16H2,1-4H3,(H2,23,24,25);1H. The first-order valence-electron chi connectivity index (χ1n) is 10.8. The molecule has 1 aromatic rings. The predicted molar refractivity (Wildman–Crippen MR) is 135 cm³/mol. The maximum atomic E-state index is 11.8. The van der Waals surface area contributed by atoms with Crippen molar-refractivity contribution >= 4 is 39.8 Å². The van der Waals surface area contributed by atoms with Gasteiger partial charge >= 0.3 is 0 Å². The SMILES string of the molecule is CCNC(=NCc1ccc(S(C)(=O)=O)c(C)c1)NCCC(OCC)C1CCCC1.I. The summed E-state index contributed by atoms with van der Waals surface area (Å²) >= 11 is 0. The van der Waals surface area contributed by atoms with Crippen molar-refractivity contribution in [2.24, 2.45) is 10.9 Å². The van der Waals surface area contributed by atoms with E-state index in [2.05, 4.69) is 22.5 Å². The monoisotopic (exact) mass is 551 g/mol. The van der Waals surface area contributed by atoms with E-state index in [0.717, 1.165) is 43.2 Å². The van der Waals surface area contributed by atoms with Gasteiger partial charge in [-0.1, -0.05) is 25.0 Å². The maximum Gasteiger partial charge on any atom is 0.191 e. The van der Waals surface area contributed by atoms with Crippen LogP contribution in [0.4, 0.5) is 0 Å². The number of hydrogen-bond donors (Lipinski definition) is 2. The van der Waals surface area contributed by atoms with E-state index in [4.69, 9.17) is 4.74 Å². The van der Waals surface area contributed by atoms with E-state index in [1.807, 2.05) is 26.0 Å². The molecule has 0 amide bonds. The lowest BCUT2D eigenvalue weighted by Crippen LogP contribution is -2.39. The molecular weight excluding hydrogens is 513 g/mol. The Morgan fingerprint density at radius 3 is 2.50 bits per heavy atom. The molecule has 2 N–H and O–H groups in total. The van der Waals surface area contributed by atoms with Gasteiger partial charge in [-0.2, -0.15) is 0 Å². The molecular formula is C22H38IN3O3S. The van der Waals surface area contributed by atoms with E-state index in [0.29, 0.717) is 23.5 Å². The van der Waals surface area contributed by atoms with Gasteiger partial charge in [-0.3, -0.25) is 0 Å². The molecule has 1 fully saturated rings. The lowest BCUT2D eigenvalue weighted by Gasteiger charge is -2.24. The normalized spacial score (nSPS) is 16.2. The Bertz CT molecular complexity index is 778. The van der Waals surface area contributed by atoms with Crippen LogP contribution < -0.4 is 10.6 Å². The number of halogens is 1. The number of ether oxygens (including phenoxy) is 1. The van der Waals surface area contributed by atoms with Crippen LogP contribution in [0.15, 0.2) is 28.1 Å². The van der Waals surface area contributed by atoms with Gasteiger partial charge < -0.3 is 15.4 Å². The Labute approximate surface area is 199 Å². The fraction of sp³-hybridized carbons (Fsp3) is 0.682. The number of benzene rings is 1. The van der Waals surface area contributed by atoms with Crippen LogP contribution in [-0.4, -0.2) is 46.4 Å². The molecule has 1 aliphatic carbocycles. The summed E-state index contributed by atoms with van der Waals surface area (Å²) in [4.78, 5) is 5.04. The van der Waals surface area contributed by atoms with Gasteiger partial charge in [-0.05, 0) is 63.1 Å². The van der Waals surface area contributed by atoms with Crippen molar-refractivity contribution in [3.63, 3.8) is 0 Å². The number of nitrogens with zero attached hydrogens (tertiary/aromatic N) is 1. The van der Waals surface area contributed by atoms with Gasteiger partial charge in [0, 0.05) is 26.0 Å². The molecule has 6 nitrogen and oxygen atoms in total. The number of nitrogens with one attached hydrogen (secondary N) is 2. The first kappa shape index (κ1) is 27.2. The number of hydrogen-bond acceptors (Lipinski definition) is 4. The van der Waals surface area contributed by atoms with Crippen molar-refractivity contribution in [3.8, 4) is 0 Å². The molecule has 8 heteroatoms. The highest BCUT2D eigenvalue weighted by Gasteiger charge is 2.25. The molecule has 0 radical (unpaired) electrons. The summed E-state index contributed by atoms with van der Waals surface area (Å²) in [6.07, 6.45) is 7.74. The second-order valence-electron chi connectivity index (χ2n) is 7.82. The van der Waals surface area contributed by atoms with Gasteiger partial charge in [0.1, 0.15) is 0 Å². The van der Waals surface area contributed by atoms with Gasteiger partial charge in [-0.15, -0.1) is 24.0 Å². The van der Waals surface area contributed by atoms with Gasteiger partial charge in [0.05, 0.1) is 17.5 Å². The van der Waals surface area contributed by atoms with Crippen LogP contribution in [0, 0.1) is 12.8 Å². The molecule has 1 unspecified atom stereocenters. The predicted octanol–water partition coefficient (Wildman–Crippen LogP) is 4.06. The van der Waals surface area contributed by atoms with Crippen molar-refractivity contribution in [2.75, 3.05) is 26.0 Å². The van der Waals surface area contributed by atoms with Crippen LogP contribution >= 0.6 is 24.0 Å². The first-order valence-corrected chi connectivity index (χ1v) is 12.7. The molecule has 0 aromatic heterocycles. The smallest absolute Gasteiger partial charge is 0.191 e. The van der Waals surface area contributed by atoms with Crippen molar-refractivity contribution in [2.45, 2.75) is 70.4 Å². The molecule has 0 heterocycles. The minimum Gasteiger partial charge on any atom is -0.378 e. The van der Waals surface area contributed by atoms with Crippen LogP contribution in [0.1, 0.15) is 57.1 Å². The van der Waals surface area contributed by atoms with Gasteiger partial charge in [0.15, 0.2) is 15.8 Å². The lowest BCUT2D eigenvalue weighted by atomic mass is 9.98. The second kappa shape index (κ2) is 13.5. The molecule has 2 rings (SSSR count). The average molecular weight is 552 g/mol. The number of guanidine groups is 1. The second-order valence-corrected chi connectivity index (χ2v) is 9.81. The number of aliphatic imine (C=N–C) groups is 1. The fourth-order valence-electron chi connectivity index (χ4n) is 4.07. The Balaban J connectivity index is 0.00000450. The molecule has 0 spiro atoms. The fourth-order valence-corrected chi connectivity index (χ4v) is 5.03. The van der Waals surface area contributed by atoms with Crippen molar-refractivity contribution < 1.29 is 13.2 Å². The number of sulfone groups is 1. The Hall–Kier alpha value is -0.870. The molecule has 30 heavy (non-hydrogen) atoms. The Morgan fingerprint density at radius 2 is 1.93 bits per heavy atom. The molecule has 1 aliphatic rings. The van der Waals surface area contributed by atoms with Gasteiger partial charge in [0.2, 0.25) is 0 Å². The summed E-state index contributed by atoms with van der Waals surface area (Å²) in [5, 5.41) is 6.70. The highest BCUT2D eigenvalue weighted by Crippen LogP contribution is 2.30. The van der Waals surface area contributed by atoms with Crippen LogP contribution in [0.25, 0.3) is 0 Å². The third-order valence-electron chi connectivity index (χ3n) is 5.43. The third kappa shape index (κ3) is 8.70. The molecule has 1 saturated carbocycles.